The standard InChI is InChI=1S/C21H20F2N6O3/c1-28-11-12(9-25-28)14-10-24-13-4-5-17(29(6-7-30)21(13)26-14)27-20-18(22)15(31-2)8-16(32-3)19(20)23/h4-5,8-11,30H,6-7H2,1-3H3. The fourth-order valence-electron chi connectivity index (χ4n) is 3.25. The summed E-state index contributed by atoms with van der Waals surface area (Å²) in [7, 11) is 4.31. The van der Waals surface area contributed by atoms with Crippen molar-refractivity contribution in [3.05, 3.63) is 53.9 Å². The molecule has 0 spiro atoms. The highest BCUT2D eigenvalue weighted by Gasteiger charge is 2.20. The average Bonchev–Trinajstić information content (AvgIpc) is 3.24. The van der Waals surface area contributed by atoms with E-state index in [-0.39, 0.29) is 30.1 Å². The molecule has 1 N–H and O–H groups in total. The van der Waals surface area contributed by atoms with E-state index in [0.29, 0.717) is 16.9 Å². The number of hydrogen-bond donors (Lipinski definition) is 1. The second kappa shape index (κ2) is 8.71. The number of nitrogens with zero attached hydrogens (tertiary/aromatic N) is 6. The van der Waals surface area contributed by atoms with Crippen LogP contribution in [0.2, 0.25) is 0 Å². The number of aliphatic hydroxyl groups is 1. The van der Waals surface area contributed by atoms with Gasteiger partial charge in [0.05, 0.1) is 38.9 Å². The van der Waals surface area contributed by atoms with Crippen molar-refractivity contribution in [1.82, 2.24) is 24.3 Å². The molecule has 0 atom stereocenters. The van der Waals surface area contributed by atoms with Gasteiger partial charge in [-0.2, -0.15) is 5.10 Å². The first-order valence-electron chi connectivity index (χ1n) is 9.58. The molecule has 3 aromatic heterocycles. The minimum atomic E-state index is -0.975. The third-order valence-corrected chi connectivity index (χ3v) is 4.80. The predicted octanol–water partition coefficient (Wildman–Crippen LogP) is 2.35. The molecule has 166 valence electrons. The van der Waals surface area contributed by atoms with Gasteiger partial charge in [-0.15, -0.1) is 0 Å². The van der Waals surface area contributed by atoms with Crippen molar-refractivity contribution in [2.75, 3.05) is 20.8 Å². The van der Waals surface area contributed by atoms with Crippen LogP contribution in [0, 0.1) is 11.6 Å². The Labute approximate surface area is 181 Å². The quantitative estimate of drug-likeness (QED) is 0.492. The van der Waals surface area contributed by atoms with Gasteiger partial charge >= 0.3 is 0 Å². The molecule has 11 heteroatoms. The molecule has 0 saturated carbocycles. The van der Waals surface area contributed by atoms with E-state index < -0.39 is 17.3 Å². The van der Waals surface area contributed by atoms with E-state index in [1.807, 2.05) is 0 Å². The third kappa shape index (κ3) is 3.78. The number of rotatable bonds is 6. The number of aryl methyl sites for hydroxylation is 1. The molecule has 0 aliphatic heterocycles. The molecule has 0 aliphatic carbocycles. The van der Waals surface area contributed by atoms with Gasteiger partial charge in [-0.1, -0.05) is 0 Å². The summed E-state index contributed by atoms with van der Waals surface area (Å²) in [6.45, 7) is -0.177. The van der Waals surface area contributed by atoms with Crippen molar-refractivity contribution in [1.29, 1.82) is 0 Å². The molecule has 4 rings (SSSR count). The maximum absolute atomic E-state index is 14.8. The number of aromatic nitrogens is 5. The van der Waals surface area contributed by atoms with Crippen LogP contribution in [0.3, 0.4) is 0 Å². The van der Waals surface area contributed by atoms with Crippen LogP contribution in [-0.4, -0.2) is 50.2 Å². The molecular formula is C21H20F2N6O3. The lowest BCUT2D eigenvalue weighted by Gasteiger charge is -2.12. The Morgan fingerprint density at radius 2 is 1.81 bits per heavy atom. The van der Waals surface area contributed by atoms with Crippen LogP contribution in [0.5, 0.6) is 11.5 Å². The molecule has 3 heterocycles. The number of fused-ring (bicyclic) bond motifs is 1. The Kier molecular flexibility index (Phi) is 5.82. The Morgan fingerprint density at radius 1 is 1.09 bits per heavy atom. The van der Waals surface area contributed by atoms with E-state index in [2.05, 4.69) is 20.1 Å². The predicted molar refractivity (Wildman–Crippen MR) is 112 cm³/mol. The summed E-state index contributed by atoms with van der Waals surface area (Å²) in [6.07, 6.45) is 5.03. The van der Waals surface area contributed by atoms with E-state index in [1.165, 1.54) is 18.8 Å². The van der Waals surface area contributed by atoms with Gasteiger partial charge in [0.1, 0.15) is 16.7 Å². The number of methoxy groups -OCH3 is 2. The molecule has 0 aliphatic rings. The molecule has 0 radical (unpaired) electrons. The van der Waals surface area contributed by atoms with E-state index in [4.69, 9.17) is 9.47 Å². The van der Waals surface area contributed by atoms with E-state index in [0.717, 1.165) is 11.6 Å². The van der Waals surface area contributed by atoms with Crippen LogP contribution in [0.15, 0.2) is 41.8 Å². The fraction of sp³-hybridized carbons (Fsp3) is 0.238. The second-order valence-corrected chi connectivity index (χ2v) is 6.80. The maximum Gasteiger partial charge on any atom is 0.193 e. The van der Waals surface area contributed by atoms with Crippen molar-refractivity contribution in [2.24, 2.45) is 12.0 Å². The Balaban J connectivity index is 1.99. The summed E-state index contributed by atoms with van der Waals surface area (Å²) in [5.74, 6) is -2.38. The lowest BCUT2D eigenvalue weighted by atomic mass is 10.2. The van der Waals surface area contributed by atoms with Crippen LogP contribution in [0.1, 0.15) is 0 Å². The molecule has 1 aromatic carbocycles. The zero-order chi connectivity index (χ0) is 22.8. The zero-order valence-corrected chi connectivity index (χ0v) is 17.6. The molecular weight excluding hydrogens is 422 g/mol. The molecule has 0 saturated heterocycles. The van der Waals surface area contributed by atoms with Gasteiger partial charge in [0.15, 0.2) is 28.8 Å². The summed E-state index contributed by atoms with van der Waals surface area (Å²) in [5.41, 5.74) is 1.79. The first-order chi connectivity index (χ1) is 15.5. The Bertz CT molecular complexity index is 1340. The van der Waals surface area contributed by atoms with E-state index in [1.54, 1.807) is 42.5 Å². The highest BCUT2D eigenvalue weighted by atomic mass is 19.1. The van der Waals surface area contributed by atoms with Gasteiger partial charge in [-0.3, -0.25) is 9.67 Å². The summed E-state index contributed by atoms with van der Waals surface area (Å²) in [4.78, 5) is 13.2. The lowest BCUT2D eigenvalue weighted by molar-refractivity contribution is 0.275. The zero-order valence-electron chi connectivity index (χ0n) is 17.6. The van der Waals surface area contributed by atoms with Gasteiger partial charge in [0.2, 0.25) is 0 Å². The van der Waals surface area contributed by atoms with Crippen molar-refractivity contribution in [3.8, 4) is 22.8 Å². The highest BCUT2D eigenvalue weighted by molar-refractivity contribution is 5.73. The van der Waals surface area contributed by atoms with Crippen molar-refractivity contribution < 1.29 is 23.4 Å². The summed E-state index contributed by atoms with van der Waals surface area (Å²) in [6, 6.07) is 4.29. The molecule has 0 amide bonds. The Hall–Kier alpha value is -3.86. The third-order valence-electron chi connectivity index (χ3n) is 4.80. The van der Waals surface area contributed by atoms with Gasteiger partial charge in [-0.05, 0) is 12.1 Å². The minimum Gasteiger partial charge on any atom is -0.493 e. The molecule has 32 heavy (non-hydrogen) atoms. The summed E-state index contributed by atoms with van der Waals surface area (Å²) >= 11 is 0. The number of halogens is 2. The number of benzene rings is 1. The fourth-order valence-corrected chi connectivity index (χ4v) is 3.25. The molecule has 0 unspecified atom stereocenters. The molecule has 9 nitrogen and oxygen atoms in total. The average molecular weight is 442 g/mol. The first-order valence-corrected chi connectivity index (χ1v) is 9.58. The normalized spacial score (nSPS) is 11.9. The van der Waals surface area contributed by atoms with Crippen LogP contribution in [-0.2, 0) is 13.6 Å². The van der Waals surface area contributed by atoms with Gasteiger partial charge in [0, 0.05) is 31.4 Å². The number of aliphatic hydroxyl groups excluding tert-OH is 1. The molecule has 0 bridgehead atoms. The van der Waals surface area contributed by atoms with Crippen molar-refractivity contribution >= 4 is 16.9 Å². The van der Waals surface area contributed by atoms with E-state index in [9.17, 15) is 13.9 Å². The molecule has 0 fully saturated rings. The highest BCUT2D eigenvalue weighted by Crippen LogP contribution is 2.36. The van der Waals surface area contributed by atoms with Crippen LogP contribution in [0.25, 0.3) is 22.4 Å². The van der Waals surface area contributed by atoms with Crippen molar-refractivity contribution in [2.45, 2.75) is 6.54 Å². The lowest BCUT2D eigenvalue weighted by Crippen LogP contribution is -2.23. The molecule has 4 aromatic rings. The number of pyridine rings is 1. The van der Waals surface area contributed by atoms with Crippen molar-refractivity contribution in [3.63, 3.8) is 0 Å². The Morgan fingerprint density at radius 3 is 2.41 bits per heavy atom. The summed E-state index contributed by atoms with van der Waals surface area (Å²) < 4.78 is 42.8. The van der Waals surface area contributed by atoms with Gasteiger partial charge in [-0.25, -0.2) is 18.8 Å². The van der Waals surface area contributed by atoms with Crippen LogP contribution >= 0.6 is 0 Å². The van der Waals surface area contributed by atoms with Crippen LogP contribution in [0.4, 0.5) is 14.5 Å². The second-order valence-electron chi connectivity index (χ2n) is 6.80. The van der Waals surface area contributed by atoms with Crippen LogP contribution < -0.4 is 15.0 Å². The monoisotopic (exact) mass is 442 g/mol. The topological polar surface area (TPSA) is 99.6 Å². The summed E-state index contributed by atoms with van der Waals surface area (Å²) in [5, 5.41) is 13.8. The number of hydrogen-bond acceptors (Lipinski definition) is 7. The smallest absolute Gasteiger partial charge is 0.193 e. The SMILES string of the molecule is COc1cc(OC)c(F)c(N=c2ccc3ncc(-c4cnn(C)c4)nc3n2CCO)c1F. The maximum atomic E-state index is 14.8. The van der Waals surface area contributed by atoms with Gasteiger partial charge < -0.3 is 19.1 Å². The van der Waals surface area contributed by atoms with Gasteiger partial charge in [0.25, 0.3) is 0 Å². The minimum absolute atomic E-state index is 0.0751. The largest absolute Gasteiger partial charge is 0.493 e. The van der Waals surface area contributed by atoms with E-state index >= 15 is 0 Å². The first kappa shape index (κ1) is 21.4. The number of ether oxygens (including phenoxy) is 2.